The molecule has 0 spiro atoms. The second-order valence-electron chi connectivity index (χ2n) is 7.80. The van der Waals surface area contributed by atoms with Crippen molar-refractivity contribution in [2.24, 2.45) is 0 Å². The molecule has 1 unspecified atom stereocenters. The van der Waals surface area contributed by atoms with Crippen LogP contribution in [0, 0.1) is 0 Å². The summed E-state index contributed by atoms with van der Waals surface area (Å²) in [6.45, 7) is 2.03. The molecule has 2 aromatic rings. The fourth-order valence-electron chi connectivity index (χ4n) is 3.89. The summed E-state index contributed by atoms with van der Waals surface area (Å²) in [5, 5.41) is 5.64. The van der Waals surface area contributed by atoms with Crippen LogP contribution in [0.4, 0.5) is 11.4 Å². The summed E-state index contributed by atoms with van der Waals surface area (Å²) >= 11 is 0. The Kier molecular flexibility index (Phi) is 7.01. The lowest BCUT2D eigenvalue weighted by Crippen LogP contribution is -2.38. The van der Waals surface area contributed by atoms with Gasteiger partial charge in [-0.1, -0.05) is 24.3 Å². The van der Waals surface area contributed by atoms with E-state index in [0.29, 0.717) is 36.7 Å². The van der Waals surface area contributed by atoms with E-state index in [1.54, 1.807) is 29.2 Å². The molecule has 4 rings (SSSR count). The molecule has 1 saturated heterocycles. The molecule has 32 heavy (non-hydrogen) atoms. The van der Waals surface area contributed by atoms with Gasteiger partial charge in [-0.05, 0) is 37.1 Å². The number of rotatable bonds is 7. The summed E-state index contributed by atoms with van der Waals surface area (Å²) in [7, 11) is 0. The van der Waals surface area contributed by atoms with Gasteiger partial charge >= 0.3 is 0 Å². The summed E-state index contributed by atoms with van der Waals surface area (Å²) in [5.74, 6) is -0.0605. The Balaban J connectivity index is 1.32. The van der Waals surface area contributed by atoms with Gasteiger partial charge in [0.15, 0.2) is 0 Å². The average Bonchev–Trinajstić information content (AvgIpc) is 3.35. The van der Waals surface area contributed by atoms with Crippen LogP contribution in [0.25, 0.3) is 0 Å². The first-order valence-electron chi connectivity index (χ1n) is 10.9. The van der Waals surface area contributed by atoms with Gasteiger partial charge < -0.3 is 25.0 Å². The number of fused-ring (bicyclic) bond motifs is 1. The smallest absolute Gasteiger partial charge is 0.253 e. The van der Waals surface area contributed by atoms with Crippen molar-refractivity contribution in [3.63, 3.8) is 0 Å². The normalized spacial score (nSPS) is 17.2. The van der Waals surface area contributed by atoms with Crippen molar-refractivity contribution in [3.8, 4) is 5.75 Å². The maximum Gasteiger partial charge on any atom is 0.253 e. The van der Waals surface area contributed by atoms with Gasteiger partial charge in [0, 0.05) is 26.0 Å². The zero-order valence-electron chi connectivity index (χ0n) is 17.8. The number of para-hydroxylation sites is 3. The third kappa shape index (κ3) is 5.26. The zero-order valence-corrected chi connectivity index (χ0v) is 17.8. The third-order valence-electron chi connectivity index (χ3n) is 5.56. The lowest BCUT2D eigenvalue weighted by molar-refractivity contribution is -0.122. The molecular formula is C24H27N3O5. The highest BCUT2D eigenvalue weighted by molar-refractivity contribution is 6.04. The molecule has 3 amide bonds. The van der Waals surface area contributed by atoms with Gasteiger partial charge in [0.05, 0.1) is 29.6 Å². The van der Waals surface area contributed by atoms with Crippen LogP contribution in [-0.2, 0) is 14.3 Å². The first-order valence-corrected chi connectivity index (χ1v) is 10.9. The van der Waals surface area contributed by atoms with Crippen LogP contribution in [0.1, 0.15) is 36.0 Å². The first kappa shape index (κ1) is 21.8. The van der Waals surface area contributed by atoms with E-state index >= 15 is 0 Å². The summed E-state index contributed by atoms with van der Waals surface area (Å²) in [5.41, 5.74) is 1.52. The monoisotopic (exact) mass is 437 g/mol. The fraction of sp³-hybridized carbons (Fsp3) is 0.375. The van der Waals surface area contributed by atoms with Crippen LogP contribution in [-0.4, -0.2) is 50.1 Å². The van der Waals surface area contributed by atoms with E-state index in [0.717, 1.165) is 25.1 Å². The molecule has 0 radical (unpaired) electrons. The molecule has 168 valence electrons. The number of amides is 3. The predicted molar refractivity (Wildman–Crippen MR) is 120 cm³/mol. The van der Waals surface area contributed by atoms with E-state index in [4.69, 9.17) is 9.47 Å². The zero-order chi connectivity index (χ0) is 22.3. The molecule has 0 aromatic heterocycles. The number of nitrogens with one attached hydrogen (secondary N) is 2. The second kappa shape index (κ2) is 10.3. The molecule has 8 heteroatoms. The average molecular weight is 437 g/mol. The molecule has 0 aliphatic carbocycles. The largest absolute Gasteiger partial charge is 0.490 e. The van der Waals surface area contributed by atoms with E-state index in [9.17, 15) is 14.4 Å². The second-order valence-corrected chi connectivity index (χ2v) is 7.80. The minimum absolute atomic E-state index is 0.0181. The lowest BCUT2D eigenvalue weighted by Gasteiger charge is -2.29. The van der Waals surface area contributed by atoms with E-state index in [1.165, 1.54) is 0 Å². The van der Waals surface area contributed by atoms with Crippen LogP contribution >= 0.6 is 0 Å². The van der Waals surface area contributed by atoms with Crippen molar-refractivity contribution >= 4 is 29.1 Å². The minimum Gasteiger partial charge on any atom is -0.490 e. The van der Waals surface area contributed by atoms with E-state index in [-0.39, 0.29) is 36.7 Å². The van der Waals surface area contributed by atoms with Gasteiger partial charge in [0.2, 0.25) is 11.8 Å². The van der Waals surface area contributed by atoms with Gasteiger partial charge in [0.1, 0.15) is 12.4 Å². The SMILES string of the molecule is O=C(CCC(=O)N1CCOc2ccccc21)Nc1ccccc1C(=O)NCC1CCCO1. The number of anilines is 2. The van der Waals surface area contributed by atoms with Crippen LogP contribution in [0.15, 0.2) is 48.5 Å². The molecule has 2 N–H and O–H groups in total. The molecule has 2 heterocycles. The lowest BCUT2D eigenvalue weighted by atomic mass is 10.1. The van der Waals surface area contributed by atoms with Crippen molar-refractivity contribution in [3.05, 3.63) is 54.1 Å². The number of hydrogen-bond acceptors (Lipinski definition) is 5. The number of benzene rings is 2. The van der Waals surface area contributed by atoms with Gasteiger partial charge in [-0.3, -0.25) is 14.4 Å². The van der Waals surface area contributed by atoms with Crippen molar-refractivity contribution in [1.29, 1.82) is 0 Å². The Morgan fingerprint density at radius 3 is 2.66 bits per heavy atom. The highest BCUT2D eigenvalue weighted by atomic mass is 16.5. The molecule has 1 fully saturated rings. The highest BCUT2D eigenvalue weighted by Crippen LogP contribution is 2.31. The Labute approximate surface area is 186 Å². The molecule has 1 atom stereocenters. The summed E-state index contributed by atoms with van der Waals surface area (Å²) in [6.07, 6.45) is 2.05. The van der Waals surface area contributed by atoms with Gasteiger partial charge in [0.25, 0.3) is 5.91 Å². The van der Waals surface area contributed by atoms with Crippen LogP contribution in [0.5, 0.6) is 5.75 Å². The molecule has 2 aliphatic heterocycles. The quantitative estimate of drug-likeness (QED) is 0.694. The van der Waals surface area contributed by atoms with Gasteiger partial charge in [-0.15, -0.1) is 0 Å². The third-order valence-corrected chi connectivity index (χ3v) is 5.56. The maximum atomic E-state index is 12.7. The first-order chi connectivity index (χ1) is 15.6. The van der Waals surface area contributed by atoms with Crippen LogP contribution < -0.4 is 20.3 Å². The summed E-state index contributed by atoms with van der Waals surface area (Å²) < 4.78 is 11.1. The molecule has 0 bridgehead atoms. The van der Waals surface area contributed by atoms with Crippen molar-refractivity contribution in [1.82, 2.24) is 5.32 Å². The van der Waals surface area contributed by atoms with Gasteiger partial charge in [-0.25, -0.2) is 0 Å². The van der Waals surface area contributed by atoms with Crippen LogP contribution in [0.2, 0.25) is 0 Å². The molecule has 2 aliphatic rings. The Bertz CT molecular complexity index is 987. The molecular weight excluding hydrogens is 410 g/mol. The highest BCUT2D eigenvalue weighted by Gasteiger charge is 2.24. The Morgan fingerprint density at radius 1 is 1.00 bits per heavy atom. The number of hydrogen-bond donors (Lipinski definition) is 2. The summed E-state index contributed by atoms with van der Waals surface area (Å²) in [4.78, 5) is 39.5. The van der Waals surface area contributed by atoms with E-state index in [2.05, 4.69) is 10.6 Å². The van der Waals surface area contributed by atoms with E-state index in [1.807, 2.05) is 24.3 Å². The topological polar surface area (TPSA) is 97.0 Å². The Hall–Kier alpha value is -3.39. The number of nitrogens with zero attached hydrogens (tertiary/aromatic N) is 1. The molecule has 0 saturated carbocycles. The predicted octanol–water partition coefficient (Wildman–Crippen LogP) is 2.74. The number of carbonyl (C=O) groups is 3. The van der Waals surface area contributed by atoms with E-state index < -0.39 is 0 Å². The summed E-state index contributed by atoms with van der Waals surface area (Å²) in [6, 6.07) is 14.2. The van der Waals surface area contributed by atoms with Crippen molar-refractivity contribution in [2.45, 2.75) is 31.8 Å². The van der Waals surface area contributed by atoms with Crippen LogP contribution in [0.3, 0.4) is 0 Å². The maximum absolute atomic E-state index is 12.7. The molecule has 8 nitrogen and oxygen atoms in total. The number of carbonyl (C=O) groups excluding carboxylic acids is 3. The van der Waals surface area contributed by atoms with Crippen molar-refractivity contribution in [2.75, 3.05) is 36.5 Å². The standard InChI is InChI=1S/C24H27N3O5/c28-22(11-12-23(29)27-13-15-32-21-10-4-3-9-20(21)27)26-19-8-2-1-7-18(19)24(30)25-16-17-6-5-14-31-17/h1-4,7-10,17H,5-6,11-16H2,(H,25,30)(H,26,28). The minimum atomic E-state index is -0.320. The van der Waals surface area contributed by atoms with Gasteiger partial charge in [-0.2, -0.15) is 0 Å². The number of ether oxygens (including phenoxy) is 2. The van der Waals surface area contributed by atoms with Crippen molar-refractivity contribution < 1.29 is 23.9 Å². The fourth-order valence-corrected chi connectivity index (χ4v) is 3.89. The molecule has 2 aromatic carbocycles. The Morgan fingerprint density at radius 2 is 1.81 bits per heavy atom.